The smallest absolute Gasteiger partial charge is 0.307 e. The summed E-state index contributed by atoms with van der Waals surface area (Å²) in [5, 5.41) is 0. The van der Waals surface area contributed by atoms with Crippen LogP contribution in [0.4, 0.5) is 0 Å². The number of carbonyl (C=O) groups is 1. The van der Waals surface area contributed by atoms with Crippen molar-refractivity contribution in [1.82, 2.24) is 0 Å². The van der Waals surface area contributed by atoms with E-state index in [1.807, 2.05) is 6.08 Å². The van der Waals surface area contributed by atoms with Crippen LogP contribution in [-0.4, -0.2) is 12.1 Å². The fourth-order valence-corrected chi connectivity index (χ4v) is 4.19. The highest BCUT2D eigenvalue weighted by molar-refractivity contribution is 5.74. The second kappa shape index (κ2) is 3.72. The van der Waals surface area contributed by atoms with Crippen LogP contribution in [0.2, 0.25) is 0 Å². The molecule has 0 aromatic carbocycles. The minimum Gasteiger partial charge on any atom is -0.457 e. The van der Waals surface area contributed by atoms with Gasteiger partial charge in [-0.25, -0.2) is 0 Å². The summed E-state index contributed by atoms with van der Waals surface area (Å²) in [5.41, 5.74) is 1.60. The second-order valence-electron chi connectivity index (χ2n) is 6.81. The molecule has 2 aliphatic carbocycles. The first-order chi connectivity index (χ1) is 8.48. The quantitative estimate of drug-likeness (QED) is 0.521. The first-order valence-corrected chi connectivity index (χ1v) is 7.01. The summed E-state index contributed by atoms with van der Waals surface area (Å²) in [6, 6.07) is 0. The molecule has 1 heterocycles. The lowest BCUT2D eigenvalue weighted by molar-refractivity contribution is -0.141. The van der Waals surface area contributed by atoms with E-state index in [1.54, 1.807) is 0 Å². The number of rotatable bonds is 1. The van der Waals surface area contributed by atoms with Crippen LogP contribution in [0.15, 0.2) is 24.3 Å². The van der Waals surface area contributed by atoms with E-state index in [9.17, 15) is 4.79 Å². The van der Waals surface area contributed by atoms with Crippen molar-refractivity contribution < 1.29 is 9.53 Å². The van der Waals surface area contributed by atoms with Gasteiger partial charge in [-0.15, -0.1) is 6.58 Å². The molecule has 18 heavy (non-hydrogen) atoms. The molecule has 1 aliphatic heterocycles. The molecule has 2 nitrogen and oxygen atoms in total. The van der Waals surface area contributed by atoms with E-state index in [0.717, 1.165) is 19.3 Å². The number of carbonyl (C=O) groups excluding carboxylic acids is 1. The fraction of sp³-hybridized carbons (Fsp3) is 0.688. The molecule has 3 rings (SSSR count). The molecule has 2 fully saturated rings. The maximum absolute atomic E-state index is 11.7. The van der Waals surface area contributed by atoms with Crippen LogP contribution in [-0.2, 0) is 9.53 Å². The molecule has 98 valence electrons. The van der Waals surface area contributed by atoms with Crippen LogP contribution in [0.3, 0.4) is 0 Å². The van der Waals surface area contributed by atoms with Crippen LogP contribution in [0.25, 0.3) is 0 Å². The van der Waals surface area contributed by atoms with Gasteiger partial charge in [0, 0.05) is 5.41 Å². The number of esters is 1. The van der Waals surface area contributed by atoms with E-state index in [0.29, 0.717) is 17.8 Å². The highest BCUT2D eigenvalue weighted by atomic mass is 16.6. The third-order valence-corrected chi connectivity index (χ3v) is 5.37. The number of hydrogen-bond acceptors (Lipinski definition) is 2. The highest BCUT2D eigenvalue weighted by Gasteiger charge is 2.55. The van der Waals surface area contributed by atoms with Crippen molar-refractivity contribution in [2.45, 2.75) is 52.1 Å². The van der Waals surface area contributed by atoms with E-state index in [4.69, 9.17) is 4.74 Å². The van der Waals surface area contributed by atoms with Crippen molar-refractivity contribution in [1.29, 1.82) is 0 Å². The van der Waals surface area contributed by atoms with Crippen molar-refractivity contribution >= 4 is 5.97 Å². The van der Waals surface area contributed by atoms with Gasteiger partial charge in [-0.3, -0.25) is 4.79 Å². The van der Waals surface area contributed by atoms with E-state index >= 15 is 0 Å². The molecule has 3 unspecified atom stereocenters. The molecule has 1 saturated carbocycles. The van der Waals surface area contributed by atoms with Crippen molar-refractivity contribution in [2.24, 2.45) is 16.7 Å². The summed E-state index contributed by atoms with van der Waals surface area (Å²) < 4.78 is 5.64. The maximum Gasteiger partial charge on any atom is 0.307 e. The molecule has 0 radical (unpaired) electrons. The maximum atomic E-state index is 11.7. The lowest BCUT2D eigenvalue weighted by Gasteiger charge is -2.48. The number of allylic oxidation sites excluding steroid dienone is 1. The van der Waals surface area contributed by atoms with Gasteiger partial charge in [0.05, 0.1) is 6.42 Å². The number of hydrogen-bond donors (Lipinski definition) is 0. The van der Waals surface area contributed by atoms with Crippen LogP contribution < -0.4 is 0 Å². The van der Waals surface area contributed by atoms with Gasteiger partial charge in [0.15, 0.2) is 0 Å². The summed E-state index contributed by atoms with van der Waals surface area (Å²) in [5.74, 6) is 0.528. The third kappa shape index (κ3) is 1.51. The molecule has 0 aromatic rings. The Morgan fingerprint density at radius 3 is 2.94 bits per heavy atom. The molecule has 0 amide bonds. The van der Waals surface area contributed by atoms with Gasteiger partial charge in [-0.2, -0.15) is 0 Å². The average molecular weight is 246 g/mol. The zero-order chi connectivity index (χ0) is 13.0. The Balaban J connectivity index is 2.01. The molecule has 0 spiro atoms. The van der Waals surface area contributed by atoms with Gasteiger partial charge in [0.1, 0.15) is 6.10 Å². The Bertz CT molecular complexity index is 432. The molecule has 3 aliphatic rings. The van der Waals surface area contributed by atoms with Gasteiger partial charge < -0.3 is 4.74 Å². The van der Waals surface area contributed by atoms with Crippen molar-refractivity contribution in [3.8, 4) is 0 Å². The Hall–Kier alpha value is -1.05. The molecule has 0 aromatic heterocycles. The monoisotopic (exact) mass is 246 g/mol. The molecular formula is C16H22O2. The lowest BCUT2D eigenvalue weighted by atomic mass is 9.56. The topological polar surface area (TPSA) is 26.3 Å². The summed E-state index contributed by atoms with van der Waals surface area (Å²) in [6.07, 6.45) is 9.35. The van der Waals surface area contributed by atoms with Gasteiger partial charge in [-0.1, -0.05) is 26.0 Å². The van der Waals surface area contributed by atoms with E-state index in [-0.39, 0.29) is 17.5 Å². The normalized spacial score (nSPS) is 41.4. The van der Waals surface area contributed by atoms with E-state index < -0.39 is 0 Å². The summed E-state index contributed by atoms with van der Waals surface area (Å²) >= 11 is 0. The largest absolute Gasteiger partial charge is 0.457 e. The lowest BCUT2D eigenvalue weighted by Crippen LogP contribution is -2.44. The zero-order valence-corrected chi connectivity index (χ0v) is 11.4. The second-order valence-corrected chi connectivity index (χ2v) is 6.81. The summed E-state index contributed by atoms with van der Waals surface area (Å²) in [7, 11) is 0. The van der Waals surface area contributed by atoms with Crippen molar-refractivity contribution in [3.63, 3.8) is 0 Å². The fourth-order valence-electron chi connectivity index (χ4n) is 4.19. The van der Waals surface area contributed by atoms with E-state index in [2.05, 4.69) is 26.5 Å². The average Bonchev–Trinajstić information content (AvgIpc) is 2.66. The molecular weight excluding hydrogens is 224 g/mol. The Labute approximate surface area is 109 Å². The number of ether oxygens (including phenoxy) is 1. The SMILES string of the molecule is C=CC12CCC3C(=CCCC3(C)C)C1OC(=O)C2. The Morgan fingerprint density at radius 1 is 1.44 bits per heavy atom. The van der Waals surface area contributed by atoms with Gasteiger partial charge in [0.25, 0.3) is 0 Å². The van der Waals surface area contributed by atoms with Crippen molar-refractivity contribution in [2.75, 3.05) is 0 Å². The minimum atomic E-state index is -0.118. The number of fused-ring (bicyclic) bond motifs is 3. The molecule has 0 bridgehead atoms. The first kappa shape index (κ1) is 12.0. The molecule has 3 atom stereocenters. The predicted octanol–water partition coefficient (Wildman–Crippen LogP) is 3.63. The highest BCUT2D eigenvalue weighted by Crippen LogP contribution is 2.57. The predicted molar refractivity (Wildman–Crippen MR) is 70.9 cm³/mol. The minimum absolute atomic E-state index is 0.0270. The summed E-state index contributed by atoms with van der Waals surface area (Å²) in [6.45, 7) is 8.67. The summed E-state index contributed by atoms with van der Waals surface area (Å²) in [4.78, 5) is 11.7. The van der Waals surface area contributed by atoms with Crippen molar-refractivity contribution in [3.05, 3.63) is 24.3 Å². The molecule has 1 saturated heterocycles. The standard InChI is InChI=1S/C16H22O2/c1-4-16-9-7-12-11(6-5-8-15(12,2)3)14(16)18-13(17)10-16/h4,6,12,14H,1,5,7-10H2,2-3H3. The van der Waals surface area contributed by atoms with Crippen LogP contribution >= 0.6 is 0 Å². The van der Waals surface area contributed by atoms with Crippen LogP contribution in [0, 0.1) is 16.7 Å². The van der Waals surface area contributed by atoms with E-state index in [1.165, 1.54) is 12.0 Å². The Morgan fingerprint density at radius 2 is 2.22 bits per heavy atom. The van der Waals surface area contributed by atoms with Crippen LogP contribution in [0.1, 0.15) is 46.0 Å². The molecule has 0 N–H and O–H groups in total. The first-order valence-electron chi connectivity index (χ1n) is 7.01. The van der Waals surface area contributed by atoms with Gasteiger partial charge in [-0.05, 0) is 42.6 Å². The third-order valence-electron chi connectivity index (χ3n) is 5.37. The molecule has 2 heteroatoms. The van der Waals surface area contributed by atoms with Gasteiger partial charge in [0.2, 0.25) is 0 Å². The Kier molecular flexibility index (Phi) is 2.48. The van der Waals surface area contributed by atoms with Gasteiger partial charge >= 0.3 is 5.97 Å². The zero-order valence-electron chi connectivity index (χ0n) is 11.4. The van der Waals surface area contributed by atoms with Crippen LogP contribution in [0.5, 0.6) is 0 Å².